The molecule has 2 aromatic heterocycles. The molecule has 0 unspecified atom stereocenters. The Hall–Kier alpha value is -2.20. The van der Waals surface area contributed by atoms with Crippen molar-refractivity contribution < 1.29 is 0 Å². The van der Waals surface area contributed by atoms with Gasteiger partial charge >= 0.3 is 0 Å². The Labute approximate surface area is 115 Å². The topological polar surface area (TPSA) is 43.6 Å². The third-order valence-electron chi connectivity index (χ3n) is 2.79. The van der Waals surface area contributed by atoms with Crippen LogP contribution in [0.15, 0.2) is 49.1 Å². The van der Waals surface area contributed by atoms with Crippen LogP contribution in [-0.2, 0) is 0 Å². The fourth-order valence-electron chi connectivity index (χ4n) is 1.98. The second-order valence-corrected chi connectivity index (χ2v) is 4.55. The van der Waals surface area contributed by atoms with E-state index in [2.05, 4.69) is 15.1 Å². The molecule has 0 spiro atoms. The lowest BCUT2D eigenvalue weighted by molar-refractivity contribution is 0.864. The molecular formula is C14H11ClN4. The highest BCUT2D eigenvalue weighted by molar-refractivity contribution is 6.29. The van der Waals surface area contributed by atoms with E-state index in [-0.39, 0.29) is 0 Å². The van der Waals surface area contributed by atoms with Crippen molar-refractivity contribution in [2.45, 2.75) is 6.92 Å². The maximum atomic E-state index is 6.21. The summed E-state index contributed by atoms with van der Waals surface area (Å²) in [6.45, 7) is 1.91. The number of aromatic nitrogens is 4. The molecule has 3 aromatic rings. The highest BCUT2D eigenvalue weighted by Gasteiger charge is 2.11. The number of hydrogen-bond acceptors (Lipinski definition) is 3. The minimum atomic E-state index is 0.585. The zero-order valence-corrected chi connectivity index (χ0v) is 11.0. The molecule has 0 saturated carbocycles. The molecule has 0 amide bonds. The smallest absolute Gasteiger partial charge is 0.133 e. The first-order chi connectivity index (χ1) is 9.25. The zero-order chi connectivity index (χ0) is 13.2. The van der Waals surface area contributed by atoms with Gasteiger partial charge in [-0.2, -0.15) is 5.10 Å². The summed E-state index contributed by atoms with van der Waals surface area (Å²) < 4.78 is 1.72. The molecule has 4 nitrogen and oxygen atoms in total. The van der Waals surface area contributed by atoms with Crippen LogP contribution in [0.25, 0.3) is 16.8 Å². The van der Waals surface area contributed by atoms with Crippen LogP contribution in [0.4, 0.5) is 0 Å². The third kappa shape index (κ3) is 2.22. The molecule has 0 radical (unpaired) electrons. The normalized spacial score (nSPS) is 10.6. The zero-order valence-electron chi connectivity index (χ0n) is 10.3. The molecule has 0 N–H and O–H groups in total. The Bertz CT molecular complexity index is 706. The number of halogens is 1. The molecule has 19 heavy (non-hydrogen) atoms. The SMILES string of the molecule is Cc1cc(Cl)n(-c2ccccc2-c2cncnc2)n1. The van der Waals surface area contributed by atoms with Gasteiger partial charge in [0, 0.05) is 23.5 Å². The molecule has 0 aliphatic carbocycles. The first-order valence-corrected chi connectivity index (χ1v) is 6.20. The average Bonchev–Trinajstić information content (AvgIpc) is 2.79. The number of para-hydroxylation sites is 1. The van der Waals surface area contributed by atoms with Crippen molar-refractivity contribution in [2.75, 3.05) is 0 Å². The van der Waals surface area contributed by atoms with Gasteiger partial charge in [0.2, 0.25) is 0 Å². The Morgan fingerprint density at radius 2 is 1.84 bits per heavy atom. The van der Waals surface area contributed by atoms with E-state index >= 15 is 0 Å². The molecule has 2 heterocycles. The molecule has 1 aromatic carbocycles. The minimum Gasteiger partial charge on any atom is -0.244 e. The Morgan fingerprint density at radius 3 is 2.53 bits per heavy atom. The summed E-state index contributed by atoms with van der Waals surface area (Å²) in [4.78, 5) is 8.10. The standard InChI is InChI=1S/C14H11ClN4/c1-10-6-14(15)19(18-10)13-5-3-2-4-12(13)11-7-16-9-17-8-11/h2-9H,1H3. The molecular weight excluding hydrogens is 260 g/mol. The largest absolute Gasteiger partial charge is 0.244 e. The van der Waals surface area contributed by atoms with E-state index in [0.717, 1.165) is 22.5 Å². The summed E-state index contributed by atoms with van der Waals surface area (Å²) in [7, 11) is 0. The van der Waals surface area contributed by atoms with Crippen LogP contribution in [0, 0.1) is 6.92 Å². The predicted molar refractivity (Wildman–Crippen MR) is 74.3 cm³/mol. The van der Waals surface area contributed by atoms with Crippen LogP contribution in [0.5, 0.6) is 0 Å². The Morgan fingerprint density at radius 1 is 1.11 bits per heavy atom. The quantitative estimate of drug-likeness (QED) is 0.718. The molecule has 0 saturated heterocycles. The van der Waals surface area contributed by atoms with Crippen LogP contribution < -0.4 is 0 Å². The summed E-state index contributed by atoms with van der Waals surface area (Å²) >= 11 is 6.21. The van der Waals surface area contributed by atoms with E-state index in [1.165, 1.54) is 6.33 Å². The molecule has 3 rings (SSSR count). The van der Waals surface area contributed by atoms with E-state index in [9.17, 15) is 0 Å². The number of benzene rings is 1. The van der Waals surface area contributed by atoms with Crippen molar-refractivity contribution in [3.8, 4) is 16.8 Å². The van der Waals surface area contributed by atoms with Crippen molar-refractivity contribution in [1.82, 2.24) is 19.7 Å². The summed E-state index contributed by atoms with van der Waals surface area (Å²) in [5.41, 5.74) is 3.72. The van der Waals surface area contributed by atoms with E-state index in [1.807, 2.05) is 37.3 Å². The van der Waals surface area contributed by atoms with Crippen LogP contribution in [0.2, 0.25) is 5.15 Å². The maximum Gasteiger partial charge on any atom is 0.133 e. The van der Waals surface area contributed by atoms with E-state index in [0.29, 0.717) is 5.15 Å². The monoisotopic (exact) mass is 270 g/mol. The summed E-state index contributed by atoms with van der Waals surface area (Å²) in [6, 6.07) is 9.73. The van der Waals surface area contributed by atoms with Gasteiger partial charge in [-0.05, 0) is 19.1 Å². The van der Waals surface area contributed by atoms with Crippen molar-refractivity contribution >= 4 is 11.6 Å². The lowest BCUT2D eigenvalue weighted by Gasteiger charge is -2.09. The molecule has 94 valence electrons. The number of hydrogen-bond donors (Lipinski definition) is 0. The molecule has 0 aliphatic heterocycles. The Balaban J connectivity index is 2.21. The number of rotatable bonds is 2. The predicted octanol–water partition coefficient (Wildman–Crippen LogP) is 3.29. The second-order valence-electron chi connectivity index (χ2n) is 4.16. The van der Waals surface area contributed by atoms with E-state index in [4.69, 9.17) is 11.6 Å². The van der Waals surface area contributed by atoms with E-state index < -0.39 is 0 Å². The van der Waals surface area contributed by atoms with Gasteiger partial charge in [-0.15, -0.1) is 0 Å². The molecule has 0 fully saturated rings. The summed E-state index contributed by atoms with van der Waals surface area (Å²) in [5.74, 6) is 0. The Kier molecular flexibility index (Phi) is 3.01. The van der Waals surface area contributed by atoms with Crippen molar-refractivity contribution in [2.24, 2.45) is 0 Å². The molecule has 0 atom stereocenters. The lowest BCUT2D eigenvalue weighted by Crippen LogP contribution is -1.99. The highest BCUT2D eigenvalue weighted by atomic mass is 35.5. The molecule has 5 heteroatoms. The van der Waals surface area contributed by atoms with Gasteiger partial charge in [-0.1, -0.05) is 29.8 Å². The molecule has 0 aliphatic rings. The van der Waals surface area contributed by atoms with Crippen molar-refractivity contribution in [3.63, 3.8) is 0 Å². The third-order valence-corrected chi connectivity index (χ3v) is 3.06. The highest BCUT2D eigenvalue weighted by Crippen LogP contribution is 2.27. The lowest BCUT2D eigenvalue weighted by atomic mass is 10.1. The average molecular weight is 271 g/mol. The van der Waals surface area contributed by atoms with Gasteiger partial charge in [-0.25, -0.2) is 14.6 Å². The number of aryl methyl sites for hydroxylation is 1. The van der Waals surface area contributed by atoms with Crippen LogP contribution >= 0.6 is 11.6 Å². The van der Waals surface area contributed by atoms with Gasteiger partial charge in [0.25, 0.3) is 0 Å². The first kappa shape index (κ1) is 11.9. The van der Waals surface area contributed by atoms with Crippen LogP contribution in [0.3, 0.4) is 0 Å². The van der Waals surface area contributed by atoms with E-state index in [1.54, 1.807) is 17.1 Å². The second kappa shape index (κ2) is 4.82. The van der Waals surface area contributed by atoms with Gasteiger partial charge in [0.05, 0.1) is 11.4 Å². The maximum absolute atomic E-state index is 6.21. The van der Waals surface area contributed by atoms with Crippen molar-refractivity contribution in [1.29, 1.82) is 0 Å². The summed E-state index contributed by atoms with van der Waals surface area (Å²) in [6.07, 6.45) is 5.06. The van der Waals surface area contributed by atoms with Crippen LogP contribution in [-0.4, -0.2) is 19.7 Å². The fourth-order valence-corrected chi connectivity index (χ4v) is 2.26. The molecule has 0 bridgehead atoms. The van der Waals surface area contributed by atoms with Gasteiger partial charge < -0.3 is 0 Å². The fraction of sp³-hybridized carbons (Fsp3) is 0.0714. The van der Waals surface area contributed by atoms with Gasteiger partial charge in [0.15, 0.2) is 0 Å². The number of nitrogens with zero attached hydrogens (tertiary/aromatic N) is 4. The minimum absolute atomic E-state index is 0.585. The van der Waals surface area contributed by atoms with Gasteiger partial charge in [-0.3, -0.25) is 0 Å². The van der Waals surface area contributed by atoms with Gasteiger partial charge in [0.1, 0.15) is 11.5 Å². The van der Waals surface area contributed by atoms with Crippen LogP contribution in [0.1, 0.15) is 5.69 Å². The summed E-state index contributed by atoms with van der Waals surface area (Å²) in [5, 5.41) is 5.00. The first-order valence-electron chi connectivity index (χ1n) is 5.82. The van der Waals surface area contributed by atoms with Crippen molar-refractivity contribution in [3.05, 3.63) is 59.9 Å².